The van der Waals surface area contributed by atoms with Gasteiger partial charge in [-0.15, -0.1) is 10.2 Å². The Morgan fingerprint density at radius 2 is 2.04 bits per heavy atom. The van der Waals surface area contributed by atoms with Crippen LogP contribution in [0.25, 0.3) is 0 Å². The number of benzene rings is 1. The van der Waals surface area contributed by atoms with Crippen molar-refractivity contribution in [2.24, 2.45) is 0 Å². The van der Waals surface area contributed by atoms with E-state index >= 15 is 0 Å². The van der Waals surface area contributed by atoms with Gasteiger partial charge in [-0.1, -0.05) is 11.8 Å². The summed E-state index contributed by atoms with van der Waals surface area (Å²) in [6.07, 6.45) is -0.484. The van der Waals surface area contributed by atoms with Gasteiger partial charge in [0.05, 0.1) is 5.25 Å². The minimum Gasteiger partial charge on any atom is -0.481 e. The molecule has 0 bridgehead atoms. The molecule has 1 amide bonds. The zero-order valence-electron chi connectivity index (χ0n) is 13.1. The molecule has 2 rings (SSSR count). The van der Waals surface area contributed by atoms with Crippen LogP contribution in [0.2, 0.25) is 0 Å². The van der Waals surface area contributed by atoms with Crippen molar-refractivity contribution in [1.82, 2.24) is 15.5 Å². The Kier molecular flexibility index (Phi) is 5.97. The average Bonchev–Trinajstić information content (AvgIpc) is 2.98. The molecule has 0 aliphatic carbocycles. The summed E-state index contributed by atoms with van der Waals surface area (Å²) in [4.78, 5) is 11.7. The van der Waals surface area contributed by atoms with Gasteiger partial charge in [0.1, 0.15) is 11.6 Å². The molecule has 1 aromatic heterocycles. The Hall–Kier alpha value is -2.09. The normalized spacial score (nSPS) is 13.4. The summed E-state index contributed by atoms with van der Waals surface area (Å²) < 4.78 is 24.0. The van der Waals surface area contributed by atoms with Gasteiger partial charge in [-0.25, -0.2) is 4.39 Å². The monoisotopic (exact) mass is 339 g/mol. The van der Waals surface area contributed by atoms with Gasteiger partial charge >= 0.3 is 0 Å². The zero-order valence-corrected chi connectivity index (χ0v) is 13.9. The van der Waals surface area contributed by atoms with Gasteiger partial charge in [0, 0.05) is 6.54 Å². The van der Waals surface area contributed by atoms with Crippen molar-refractivity contribution in [3.05, 3.63) is 36.0 Å². The molecule has 2 atom stereocenters. The van der Waals surface area contributed by atoms with E-state index in [1.54, 1.807) is 13.8 Å². The lowest BCUT2D eigenvalue weighted by Crippen LogP contribution is -2.30. The third-order valence-corrected chi connectivity index (χ3v) is 3.83. The lowest BCUT2D eigenvalue weighted by molar-refractivity contribution is -0.120. The van der Waals surface area contributed by atoms with Gasteiger partial charge in [0.2, 0.25) is 5.91 Å². The molecular formula is C15H18FN3O3S. The van der Waals surface area contributed by atoms with Crippen LogP contribution in [0.3, 0.4) is 0 Å². The predicted molar refractivity (Wildman–Crippen MR) is 83.7 cm³/mol. The molecule has 0 saturated carbocycles. The van der Waals surface area contributed by atoms with Crippen LogP contribution in [0, 0.1) is 5.82 Å². The smallest absolute Gasteiger partial charge is 0.277 e. The minimum absolute atomic E-state index is 0.0899. The first kappa shape index (κ1) is 17.3. The third-order valence-electron chi connectivity index (χ3n) is 2.89. The number of thioether (sulfide) groups is 1. The number of nitrogens with zero attached hydrogens (tertiary/aromatic N) is 2. The summed E-state index contributed by atoms with van der Waals surface area (Å²) in [6.45, 7) is 5.94. The van der Waals surface area contributed by atoms with Crippen molar-refractivity contribution in [2.75, 3.05) is 6.54 Å². The van der Waals surface area contributed by atoms with Crippen LogP contribution < -0.4 is 10.1 Å². The number of carbonyl (C=O) groups is 1. The highest BCUT2D eigenvalue weighted by atomic mass is 32.2. The van der Waals surface area contributed by atoms with Crippen molar-refractivity contribution < 1.29 is 18.3 Å². The van der Waals surface area contributed by atoms with E-state index in [0.717, 1.165) is 0 Å². The first-order valence-electron chi connectivity index (χ1n) is 7.19. The summed E-state index contributed by atoms with van der Waals surface area (Å²) in [5.74, 6) is 0.371. The van der Waals surface area contributed by atoms with Gasteiger partial charge in [0.15, 0.2) is 6.10 Å². The Morgan fingerprint density at radius 3 is 2.70 bits per heavy atom. The number of rotatable bonds is 7. The molecule has 0 unspecified atom stereocenters. The molecule has 0 radical (unpaired) electrons. The number of aromatic nitrogens is 2. The van der Waals surface area contributed by atoms with Gasteiger partial charge in [-0.2, -0.15) is 0 Å². The van der Waals surface area contributed by atoms with E-state index in [1.807, 2.05) is 6.92 Å². The maximum absolute atomic E-state index is 12.9. The fraction of sp³-hybridized carbons (Fsp3) is 0.400. The second-order valence-corrected chi connectivity index (χ2v) is 6.07. The van der Waals surface area contributed by atoms with Crippen LogP contribution in [0.15, 0.2) is 33.9 Å². The quantitative estimate of drug-likeness (QED) is 0.782. The second-order valence-electron chi connectivity index (χ2n) is 4.77. The third kappa shape index (κ3) is 4.95. The number of hydrogen-bond donors (Lipinski definition) is 1. The fourth-order valence-electron chi connectivity index (χ4n) is 1.72. The maximum Gasteiger partial charge on any atom is 0.277 e. The predicted octanol–water partition coefficient (Wildman–Crippen LogP) is 2.97. The highest BCUT2D eigenvalue weighted by molar-refractivity contribution is 8.00. The van der Waals surface area contributed by atoms with Crippen molar-refractivity contribution in [1.29, 1.82) is 0 Å². The van der Waals surface area contributed by atoms with Gasteiger partial charge in [0.25, 0.3) is 11.1 Å². The number of halogens is 1. The van der Waals surface area contributed by atoms with Crippen LogP contribution in [-0.2, 0) is 4.79 Å². The highest BCUT2D eigenvalue weighted by Crippen LogP contribution is 2.26. The summed E-state index contributed by atoms with van der Waals surface area (Å²) in [5, 5.41) is 10.5. The van der Waals surface area contributed by atoms with Crippen LogP contribution in [-0.4, -0.2) is 27.9 Å². The number of hydrogen-bond acceptors (Lipinski definition) is 6. The van der Waals surface area contributed by atoms with E-state index in [2.05, 4.69) is 15.5 Å². The maximum atomic E-state index is 12.9. The lowest BCUT2D eigenvalue weighted by atomic mass is 10.3. The number of ether oxygens (including phenoxy) is 1. The van der Waals surface area contributed by atoms with Crippen molar-refractivity contribution >= 4 is 17.7 Å². The van der Waals surface area contributed by atoms with Crippen molar-refractivity contribution in [3.8, 4) is 5.75 Å². The molecule has 124 valence electrons. The van der Waals surface area contributed by atoms with Crippen LogP contribution in [0.4, 0.5) is 4.39 Å². The topological polar surface area (TPSA) is 77.2 Å². The zero-order chi connectivity index (χ0) is 16.8. The Bertz CT molecular complexity index is 648. The van der Waals surface area contributed by atoms with Crippen molar-refractivity contribution in [3.63, 3.8) is 0 Å². The molecule has 1 heterocycles. The van der Waals surface area contributed by atoms with Crippen LogP contribution in [0.5, 0.6) is 5.75 Å². The number of carbonyl (C=O) groups excluding carboxylic acids is 1. The first-order chi connectivity index (χ1) is 11.0. The van der Waals surface area contributed by atoms with E-state index in [-0.39, 0.29) is 17.0 Å². The van der Waals surface area contributed by atoms with Gasteiger partial charge in [-0.05, 0) is 45.0 Å². The molecule has 23 heavy (non-hydrogen) atoms. The SMILES string of the molecule is CCNC(=O)[C@H](C)Sc1nnc([C@H](C)Oc2ccc(F)cc2)o1. The molecule has 1 N–H and O–H groups in total. The lowest BCUT2D eigenvalue weighted by Gasteiger charge is -2.10. The average molecular weight is 339 g/mol. The molecule has 8 heteroatoms. The molecule has 0 spiro atoms. The Morgan fingerprint density at radius 1 is 1.35 bits per heavy atom. The van der Waals surface area contributed by atoms with Crippen LogP contribution >= 0.6 is 11.8 Å². The van der Waals surface area contributed by atoms with E-state index in [0.29, 0.717) is 23.4 Å². The first-order valence-corrected chi connectivity index (χ1v) is 8.07. The highest BCUT2D eigenvalue weighted by Gasteiger charge is 2.20. The summed E-state index contributed by atoms with van der Waals surface area (Å²) in [6, 6.07) is 5.67. The molecular weight excluding hydrogens is 321 g/mol. The minimum atomic E-state index is -0.484. The summed E-state index contributed by atoms with van der Waals surface area (Å²) in [5.41, 5.74) is 0. The molecule has 0 fully saturated rings. The Balaban J connectivity index is 1.95. The Labute approximate surface area is 137 Å². The second kappa shape index (κ2) is 7.96. The standard InChI is InChI=1S/C15H18FN3O3S/c1-4-17-13(20)10(3)23-15-19-18-14(22-15)9(2)21-12-7-5-11(16)6-8-12/h5-10H,4H2,1-3H3,(H,17,20)/t9-,10-/m0/s1. The number of nitrogens with one attached hydrogen (secondary N) is 1. The van der Waals surface area contributed by atoms with Gasteiger partial charge in [-0.3, -0.25) is 4.79 Å². The largest absolute Gasteiger partial charge is 0.481 e. The van der Waals surface area contributed by atoms with Crippen LogP contribution in [0.1, 0.15) is 32.8 Å². The molecule has 2 aromatic rings. The van der Waals surface area contributed by atoms with E-state index in [9.17, 15) is 9.18 Å². The summed E-state index contributed by atoms with van der Waals surface area (Å²) >= 11 is 1.18. The van der Waals surface area contributed by atoms with E-state index < -0.39 is 6.10 Å². The fourth-order valence-corrected chi connectivity index (χ4v) is 2.44. The molecule has 0 aliphatic heterocycles. The van der Waals surface area contributed by atoms with Gasteiger partial charge < -0.3 is 14.5 Å². The summed E-state index contributed by atoms with van der Waals surface area (Å²) in [7, 11) is 0. The number of amides is 1. The molecule has 0 saturated heterocycles. The molecule has 0 aliphatic rings. The molecule has 6 nitrogen and oxygen atoms in total. The molecule has 1 aromatic carbocycles. The van der Waals surface area contributed by atoms with E-state index in [4.69, 9.17) is 9.15 Å². The van der Waals surface area contributed by atoms with E-state index in [1.165, 1.54) is 36.0 Å². The van der Waals surface area contributed by atoms with Crippen molar-refractivity contribution in [2.45, 2.75) is 37.3 Å².